The largest absolute Gasteiger partial charge is 0.464 e. The number of halogens is 2. The van der Waals surface area contributed by atoms with Crippen molar-refractivity contribution in [2.75, 3.05) is 32.8 Å². The summed E-state index contributed by atoms with van der Waals surface area (Å²) in [4.78, 5) is 47.4. The van der Waals surface area contributed by atoms with Crippen LogP contribution < -0.4 is 0 Å². The summed E-state index contributed by atoms with van der Waals surface area (Å²) in [5, 5.41) is 9.57. The number of amides is 2. The quantitative estimate of drug-likeness (QED) is 0.369. The molecule has 3 rings (SSSR count). The van der Waals surface area contributed by atoms with E-state index in [1.807, 2.05) is 6.07 Å². The maximum atomic E-state index is 14.0. The Morgan fingerprint density at radius 3 is 2.18 bits per heavy atom. The van der Waals surface area contributed by atoms with Crippen molar-refractivity contribution in [1.82, 2.24) is 9.80 Å². The number of carbonyl (C=O) groups excluding carboxylic acids is 3. The molecule has 0 N–H and O–H groups in total. The van der Waals surface area contributed by atoms with Crippen LogP contribution in [0.3, 0.4) is 0 Å². The van der Waals surface area contributed by atoms with Crippen molar-refractivity contribution in [3.05, 3.63) is 45.1 Å². The van der Waals surface area contributed by atoms with Crippen LogP contribution in [0, 0.1) is 17.2 Å². The minimum absolute atomic E-state index is 0.0465. The molecule has 2 heterocycles. The first-order valence-corrected chi connectivity index (χ1v) is 13.1. The van der Waals surface area contributed by atoms with Crippen LogP contribution in [0.5, 0.6) is 0 Å². The van der Waals surface area contributed by atoms with E-state index in [1.165, 1.54) is 0 Å². The van der Waals surface area contributed by atoms with Crippen LogP contribution in [-0.4, -0.2) is 71.9 Å². The summed E-state index contributed by atoms with van der Waals surface area (Å²) in [5.74, 6) is -2.54. The fourth-order valence-electron chi connectivity index (χ4n) is 4.61. The molecule has 0 saturated carbocycles. The first-order chi connectivity index (χ1) is 17.8. The van der Waals surface area contributed by atoms with Gasteiger partial charge in [0.2, 0.25) is 0 Å². The molecule has 38 heavy (non-hydrogen) atoms. The predicted octanol–water partition coefficient (Wildman–Crippen LogP) is 4.98. The zero-order valence-electron chi connectivity index (χ0n) is 22.2. The number of piperazine rings is 1. The maximum absolute atomic E-state index is 14.0. The average molecular weight is 563 g/mol. The zero-order chi connectivity index (χ0) is 28.2. The van der Waals surface area contributed by atoms with Gasteiger partial charge in [0.1, 0.15) is 18.1 Å². The number of hydrogen-bond donors (Lipinski definition) is 0. The maximum Gasteiger partial charge on any atom is 0.410 e. The van der Waals surface area contributed by atoms with E-state index in [9.17, 15) is 14.4 Å². The first-order valence-electron chi connectivity index (χ1n) is 12.3. The molecule has 0 aromatic heterocycles. The van der Waals surface area contributed by atoms with Crippen molar-refractivity contribution in [1.29, 1.82) is 5.26 Å². The van der Waals surface area contributed by atoms with E-state index in [4.69, 9.17) is 37.9 Å². The van der Waals surface area contributed by atoms with Crippen LogP contribution in [0.1, 0.15) is 52.5 Å². The smallest absolute Gasteiger partial charge is 0.410 e. The van der Waals surface area contributed by atoms with Crippen molar-refractivity contribution in [3.63, 3.8) is 0 Å². The Morgan fingerprint density at radius 2 is 1.63 bits per heavy atom. The fourth-order valence-corrected chi connectivity index (χ4v) is 5.15. The van der Waals surface area contributed by atoms with Gasteiger partial charge in [-0.2, -0.15) is 5.26 Å². The molecule has 0 spiro atoms. The zero-order valence-corrected chi connectivity index (χ0v) is 23.7. The molecule has 0 radical (unpaired) electrons. The normalized spacial score (nSPS) is 20.0. The number of nitriles is 1. The minimum Gasteiger partial charge on any atom is -0.464 e. The highest BCUT2D eigenvalue weighted by Gasteiger charge is 2.43. The van der Waals surface area contributed by atoms with Gasteiger partial charge in [-0.05, 0) is 58.4 Å². The molecule has 204 valence electrons. The molecule has 1 saturated heterocycles. The summed E-state index contributed by atoms with van der Waals surface area (Å²) in [6.45, 7) is 9.96. The number of ether oxygens (including phenoxy) is 2. The van der Waals surface area contributed by atoms with E-state index >= 15 is 0 Å². The molecule has 2 unspecified atom stereocenters. The lowest BCUT2D eigenvalue weighted by Gasteiger charge is -2.38. The highest BCUT2D eigenvalue weighted by Crippen LogP contribution is 2.42. The molecule has 2 aliphatic rings. The second-order valence-corrected chi connectivity index (χ2v) is 11.1. The number of esters is 1. The summed E-state index contributed by atoms with van der Waals surface area (Å²) in [7, 11) is 0. The second-order valence-electron chi connectivity index (χ2n) is 10.2. The summed E-state index contributed by atoms with van der Waals surface area (Å²) >= 11 is 12.6. The molecule has 1 aromatic rings. The fraction of sp³-hybridized carbons (Fsp3) is 0.519. The third kappa shape index (κ3) is 7.06. The molecule has 0 bridgehead atoms. The SMILES string of the molecule is CC1=NC(C)=C(C(=O)N2CCN(C(=O)OC(C)(C)C)CC2)C(c2cc(Cl)cc(Cl)c2)C1C(=O)OCCC#N. The van der Waals surface area contributed by atoms with E-state index in [-0.39, 0.29) is 32.0 Å². The van der Waals surface area contributed by atoms with E-state index in [1.54, 1.807) is 62.6 Å². The van der Waals surface area contributed by atoms with Gasteiger partial charge in [0.15, 0.2) is 0 Å². The number of carbonyl (C=O) groups is 3. The lowest BCUT2D eigenvalue weighted by molar-refractivity contribution is -0.146. The van der Waals surface area contributed by atoms with Gasteiger partial charge in [-0.15, -0.1) is 0 Å². The van der Waals surface area contributed by atoms with Crippen molar-refractivity contribution in [2.45, 2.75) is 52.6 Å². The standard InChI is InChI=1S/C27H32Cl2N4O5/c1-16-21(24(34)32-8-10-33(11-9-32)26(36)38-27(3,4)5)23(18-13-19(28)15-20(29)14-18)22(17(2)31-16)25(35)37-12-6-7-30/h13-15,22-23H,6,8-12H2,1-5H3. The van der Waals surface area contributed by atoms with E-state index in [0.717, 1.165) is 0 Å². The minimum atomic E-state index is -0.908. The van der Waals surface area contributed by atoms with Crippen LogP contribution in [-0.2, 0) is 19.1 Å². The Hall–Kier alpha value is -3.09. The monoisotopic (exact) mass is 562 g/mol. The van der Waals surface area contributed by atoms with Gasteiger partial charge in [0, 0.05) is 59.1 Å². The van der Waals surface area contributed by atoms with Crippen molar-refractivity contribution in [3.8, 4) is 6.07 Å². The Morgan fingerprint density at radius 1 is 1.05 bits per heavy atom. The van der Waals surface area contributed by atoms with E-state index in [0.29, 0.717) is 45.7 Å². The highest BCUT2D eigenvalue weighted by molar-refractivity contribution is 6.34. The number of aliphatic imine (C=N–C) groups is 1. The molecular formula is C27H32Cl2N4O5. The molecular weight excluding hydrogens is 531 g/mol. The van der Waals surface area contributed by atoms with Gasteiger partial charge in [0.05, 0.1) is 12.5 Å². The Kier molecular flexibility index (Phi) is 9.45. The van der Waals surface area contributed by atoms with Crippen molar-refractivity contribution < 1.29 is 23.9 Å². The summed E-state index contributed by atoms with van der Waals surface area (Å²) in [5.41, 5.74) is 1.25. The number of allylic oxidation sites excluding steroid dienone is 1. The third-order valence-electron chi connectivity index (χ3n) is 6.23. The van der Waals surface area contributed by atoms with Crippen LogP contribution in [0.2, 0.25) is 10.0 Å². The number of hydrogen-bond acceptors (Lipinski definition) is 7. The van der Waals surface area contributed by atoms with Gasteiger partial charge in [-0.25, -0.2) is 4.79 Å². The first kappa shape index (κ1) is 29.5. The van der Waals surface area contributed by atoms with Crippen molar-refractivity contribution >= 4 is 46.9 Å². The molecule has 1 fully saturated rings. The average Bonchev–Trinajstić information content (AvgIpc) is 2.81. The molecule has 9 nitrogen and oxygen atoms in total. The molecule has 2 atom stereocenters. The third-order valence-corrected chi connectivity index (χ3v) is 6.67. The van der Waals surface area contributed by atoms with Crippen LogP contribution in [0.15, 0.2) is 34.5 Å². The molecule has 2 aliphatic heterocycles. The van der Waals surface area contributed by atoms with Gasteiger partial charge in [-0.1, -0.05) is 23.2 Å². The number of nitrogens with zero attached hydrogens (tertiary/aromatic N) is 4. The summed E-state index contributed by atoms with van der Waals surface area (Å²) in [6, 6.07) is 6.87. The Balaban J connectivity index is 1.93. The van der Waals surface area contributed by atoms with Gasteiger partial charge in [0.25, 0.3) is 5.91 Å². The van der Waals surface area contributed by atoms with Gasteiger partial charge < -0.3 is 19.3 Å². The molecule has 0 aliphatic carbocycles. The van der Waals surface area contributed by atoms with Gasteiger partial charge >= 0.3 is 12.1 Å². The van der Waals surface area contributed by atoms with Crippen LogP contribution in [0.4, 0.5) is 4.79 Å². The molecule has 1 aromatic carbocycles. The highest BCUT2D eigenvalue weighted by atomic mass is 35.5. The van der Waals surface area contributed by atoms with Crippen molar-refractivity contribution in [2.24, 2.45) is 10.9 Å². The Labute approximate surface area is 233 Å². The summed E-state index contributed by atoms with van der Waals surface area (Å²) in [6.07, 6.45) is -0.380. The van der Waals surface area contributed by atoms with Gasteiger partial charge in [-0.3, -0.25) is 14.6 Å². The lowest BCUT2D eigenvalue weighted by atomic mass is 9.75. The number of rotatable bonds is 5. The second kappa shape index (κ2) is 12.2. The van der Waals surface area contributed by atoms with Crippen LogP contribution in [0.25, 0.3) is 0 Å². The topological polar surface area (TPSA) is 112 Å². The number of benzene rings is 1. The molecule has 11 heteroatoms. The van der Waals surface area contributed by atoms with Crippen LogP contribution >= 0.6 is 23.2 Å². The summed E-state index contributed by atoms with van der Waals surface area (Å²) < 4.78 is 10.8. The lowest BCUT2D eigenvalue weighted by Crippen LogP contribution is -2.52. The molecule has 2 amide bonds. The Bertz CT molecular complexity index is 1190. The van der Waals surface area contributed by atoms with E-state index < -0.39 is 29.5 Å². The van der Waals surface area contributed by atoms with E-state index in [2.05, 4.69) is 4.99 Å². The predicted molar refractivity (Wildman–Crippen MR) is 144 cm³/mol.